The second-order valence-corrected chi connectivity index (χ2v) is 5.95. The van der Waals surface area contributed by atoms with E-state index in [1.807, 2.05) is 0 Å². The monoisotopic (exact) mass is 310 g/mol. The molecule has 23 heavy (non-hydrogen) atoms. The lowest BCUT2D eigenvalue weighted by Crippen LogP contribution is -2.23. The zero-order valence-corrected chi connectivity index (χ0v) is 13.5. The molecule has 1 aromatic heterocycles. The molecule has 0 aliphatic heterocycles. The second-order valence-electron chi connectivity index (χ2n) is 5.95. The van der Waals surface area contributed by atoms with Crippen molar-refractivity contribution in [3.05, 3.63) is 70.2 Å². The van der Waals surface area contributed by atoms with Gasteiger partial charge in [0, 0.05) is 17.4 Å². The number of nitrogens with one attached hydrogen (secondary N) is 2. The van der Waals surface area contributed by atoms with E-state index in [0.29, 0.717) is 17.6 Å². The van der Waals surface area contributed by atoms with E-state index in [1.165, 1.54) is 28.8 Å². The minimum Gasteiger partial charge on any atom is -0.351 e. The van der Waals surface area contributed by atoms with Gasteiger partial charge in [0.15, 0.2) is 0 Å². The quantitative estimate of drug-likeness (QED) is 0.749. The number of halogens is 1. The SMILES string of the molecule is Cc1cc(CNC(=O)c2cc3cc(F)ccc3[nH]2)cc(C)c1C. The topological polar surface area (TPSA) is 44.9 Å². The van der Waals surface area contributed by atoms with Crippen molar-refractivity contribution in [2.24, 2.45) is 0 Å². The summed E-state index contributed by atoms with van der Waals surface area (Å²) < 4.78 is 13.2. The third-order valence-corrected chi connectivity index (χ3v) is 4.27. The summed E-state index contributed by atoms with van der Waals surface area (Å²) in [7, 11) is 0. The van der Waals surface area contributed by atoms with Crippen molar-refractivity contribution in [3.63, 3.8) is 0 Å². The van der Waals surface area contributed by atoms with Crippen LogP contribution in [0.3, 0.4) is 0 Å². The molecule has 0 unspecified atom stereocenters. The van der Waals surface area contributed by atoms with E-state index < -0.39 is 0 Å². The van der Waals surface area contributed by atoms with Gasteiger partial charge in [0.05, 0.1) is 0 Å². The largest absolute Gasteiger partial charge is 0.351 e. The maximum absolute atomic E-state index is 13.2. The van der Waals surface area contributed by atoms with Gasteiger partial charge in [0.25, 0.3) is 5.91 Å². The second kappa shape index (κ2) is 5.88. The number of carbonyl (C=O) groups excluding carboxylic acids is 1. The average Bonchev–Trinajstić information content (AvgIpc) is 2.93. The standard InChI is InChI=1S/C19H19FN2O/c1-11-6-14(7-12(2)13(11)3)10-21-19(23)18-9-15-8-16(20)4-5-17(15)22-18/h4-9,22H,10H2,1-3H3,(H,21,23). The van der Waals surface area contributed by atoms with Gasteiger partial charge in [-0.25, -0.2) is 4.39 Å². The Morgan fingerprint density at radius 3 is 2.48 bits per heavy atom. The zero-order valence-electron chi connectivity index (χ0n) is 13.5. The number of H-pyrrole nitrogens is 1. The van der Waals surface area contributed by atoms with Crippen molar-refractivity contribution in [1.82, 2.24) is 10.3 Å². The smallest absolute Gasteiger partial charge is 0.267 e. The Hall–Kier alpha value is -2.62. The molecule has 0 aliphatic rings. The van der Waals surface area contributed by atoms with E-state index in [2.05, 4.69) is 43.2 Å². The lowest BCUT2D eigenvalue weighted by Gasteiger charge is -2.10. The Balaban J connectivity index is 1.76. The number of rotatable bonds is 3. The molecule has 0 aliphatic carbocycles. The number of aromatic amines is 1. The van der Waals surface area contributed by atoms with Crippen LogP contribution in [0.15, 0.2) is 36.4 Å². The van der Waals surface area contributed by atoms with Crippen LogP contribution in [0, 0.1) is 26.6 Å². The summed E-state index contributed by atoms with van der Waals surface area (Å²) in [5.41, 5.74) is 5.97. The predicted molar refractivity (Wildman–Crippen MR) is 90.1 cm³/mol. The van der Waals surface area contributed by atoms with Crippen LogP contribution in [0.5, 0.6) is 0 Å². The lowest BCUT2D eigenvalue weighted by molar-refractivity contribution is 0.0946. The summed E-state index contributed by atoms with van der Waals surface area (Å²) in [6.45, 7) is 6.70. The molecule has 0 atom stereocenters. The van der Waals surface area contributed by atoms with Crippen LogP contribution in [0.25, 0.3) is 10.9 Å². The van der Waals surface area contributed by atoms with Crippen LogP contribution in [0.2, 0.25) is 0 Å². The van der Waals surface area contributed by atoms with E-state index in [1.54, 1.807) is 12.1 Å². The van der Waals surface area contributed by atoms with E-state index >= 15 is 0 Å². The van der Waals surface area contributed by atoms with Gasteiger partial charge in [-0.1, -0.05) is 12.1 Å². The average molecular weight is 310 g/mol. The molecule has 2 aromatic carbocycles. The highest BCUT2D eigenvalue weighted by Gasteiger charge is 2.10. The van der Waals surface area contributed by atoms with Gasteiger partial charge in [-0.3, -0.25) is 4.79 Å². The summed E-state index contributed by atoms with van der Waals surface area (Å²) in [5, 5.41) is 3.59. The number of hydrogen-bond donors (Lipinski definition) is 2. The van der Waals surface area contributed by atoms with Crippen LogP contribution in [-0.4, -0.2) is 10.9 Å². The molecule has 1 heterocycles. The van der Waals surface area contributed by atoms with Crippen LogP contribution in [0.4, 0.5) is 4.39 Å². The summed E-state index contributed by atoms with van der Waals surface area (Å²) in [6, 6.07) is 10.3. The van der Waals surface area contributed by atoms with Crippen LogP contribution >= 0.6 is 0 Å². The molecular formula is C19H19FN2O. The molecule has 1 amide bonds. The molecule has 3 nitrogen and oxygen atoms in total. The number of carbonyl (C=O) groups is 1. The molecule has 4 heteroatoms. The van der Waals surface area contributed by atoms with Gasteiger partial charge in [0.2, 0.25) is 0 Å². The summed E-state index contributed by atoms with van der Waals surface area (Å²) in [6.07, 6.45) is 0. The maximum atomic E-state index is 13.2. The number of amides is 1. The molecule has 0 bridgehead atoms. The fourth-order valence-corrected chi connectivity index (χ4v) is 2.73. The van der Waals surface area contributed by atoms with Crippen molar-refractivity contribution >= 4 is 16.8 Å². The first kappa shape index (κ1) is 15.3. The number of aryl methyl sites for hydroxylation is 2. The van der Waals surface area contributed by atoms with E-state index in [4.69, 9.17) is 0 Å². The van der Waals surface area contributed by atoms with Crippen LogP contribution in [0.1, 0.15) is 32.7 Å². The molecule has 0 saturated carbocycles. The van der Waals surface area contributed by atoms with Crippen molar-refractivity contribution in [2.45, 2.75) is 27.3 Å². The first-order valence-corrected chi connectivity index (χ1v) is 7.57. The van der Waals surface area contributed by atoms with Crippen LogP contribution in [-0.2, 0) is 6.54 Å². The van der Waals surface area contributed by atoms with Gasteiger partial charge >= 0.3 is 0 Å². The first-order valence-electron chi connectivity index (χ1n) is 7.57. The summed E-state index contributed by atoms with van der Waals surface area (Å²) >= 11 is 0. The number of hydrogen-bond acceptors (Lipinski definition) is 1. The Kier molecular flexibility index (Phi) is 3.90. The molecular weight excluding hydrogens is 291 g/mol. The highest BCUT2D eigenvalue weighted by molar-refractivity contribution is 5.97. The van der Waals surface area contributed by atoms with Crippen molar-refractivity contribution in [2.75, 3.05) is 0 Å². The fourth-order valence-electron chi connectivity index (χ4n) is 2.73. The van der Waals surface area contributed by atoms with Gasteiger partial charge in [0.1, 0.15) is 11.5 Å². The highest BCUT2D eigenvalue weighted by atomic mass is 19.1. The fraction of sp³-hybridized carbons (Fsp3) is 0.211. The molecule has 0 radical (unpaired) electrons. The van der Waals surface area contributed by atoms with Crippen molar-refractivity contribution < 1.29 is 9.18 Å². The molecule has 0 spiro atoms. The Labute approximate surface area is 134 Å². The third kappa shape index (κ3) is 3.11. The third-order valence-electron chi connectivity index (χ3n) is 4.27. The van der Waals surface area contributed by atoms with Crippen LogP contribution < -0.4 is 5.32 Å². The van der Waals surface area contributed by atoms with Gasteiger partial charge in [-0.2, -0.15) is 0 Å². The minimum absolute atomic E-state index is 0.197. The molecule has 3 aromatic rings. The van der Waals surface area contributed by atoms with Gasteiger partial charge < -0.3 is 10.3 Å². The normalized spacial score (nSPS) is 11.0. The maximum Gasteiger partial charge on any atom is 0.267 e. The van der Waals surface area contributed by atoms with E-state index in [9.17, 15) is 9.18 Å². The van der Waals surface area contributed by atoms with Crippen molar-refractivity contribution in [3.8, 4) is 0 Å². The predicted octanol–water partition coefficient (Wildman–Crippen LogP) is 4.16. The molecule has 0 saturated heterocycles. The highest BCUT2D eigenvalue weighted by Crippen LogP contribution is 2.18. The van der Waals surface area contributed by atoms with Crippen molar-refractivity contribution in [1.29, 1.82) is 0 Å². The molecule has 2 N–H and O–H groups in total. The Morgan fingerprint density at radius 1 is 1.09 bits per heavy atom. The first-order chi connectivity index (χ1) is 10.9. The van der Waals surface area contributed by atoms with Gasteiger partial charge in [-0.05, 0) is 67.3 Å². The molecule has 3 rings (SSSR count). The number of benzene rings is 2. The minimum atomic E-state index is -0.311. The molecule has 0 fully saturated rings. The lowest BCUT2D eigenvalue weighted by atomic mass is 10.0. The number of fused-ring (bicyclic) bond motifs is 1. The Bertz CT molecular complexity index is 873. The van der Waals surface area contributed by atoms with E-state index in [-0.39, 0.29) is 11.7 Å². The Morgan fingerprint density at radius 2 is 1.78 bits per heavy atom. The van der Waals surface area contributed by atoms with Gasteiger partial charge in [-0.15, -0.1) is 0 Å². The zero-order chi connectivity index (χ0) is 16.6. The van der Waals surface area contributed by atoms with E-state index in [0.717, 1.165) is 11.1 Å². The molecule has 118 valence electrons. The number of aromatic nitrogens is 1. The summed E-state index contributed by atoms with van der Waals surface area (Å²) in [5.74, 6) is -0.508. The summed E-state index contributed by atoms with van der Waals surface area (Å²) in [4.78, 5) is 15.3.